The Bertz CT molecular complexity index is 704. The predicted molar refractivity (Wildman–Crippen MR) is 80.2 cm³/mol. The minimum absolute atomic E-state index is 0.255. The van der Waals surface area contributed by atoms with Crippen LogP contribution in [0.4, 0.5) is 13.2 Å². The lowest BCUT2D eigenvalue weighted by Crippen LogP contribution is -2.30. The molecule has 0 bridgehead atoms. The van der Waals surface area contributed by atoms with Crippen molar-refractivity contribution in [2.45, 2.75) is 12.3 Å². The van der Waals surface area contributed by atoms with Gasteiger partial charge in [-0.3, -0.25) is 4.79 Å². The number of rotatable bonds is 4. The molecule has 2 rings (SSSR count). The average molecular weight is 344 g/mol. The lowest BCUT2D eigenvalue weighted by molar-refractivity contribution is -0.137. The van der Waals surface area contributed by atoms with E-state index in [1.807, 2.05) is 0 Å². The van der Waals surface area contributed by atoms with Crippen molar-refractivity contribution >= 4 is 17.5 Å². The van der Waals surface area contributed by atoms with Crippen LogP contribution in [0.2, 0.25) is 5.02 Å². The number of alkyl halides is 3. The summed E-state index contributed by atoms with van der Waals surface area (Å²) in [7, 11) is 0. The van der Waals surface area contributed by atoms with Gasteiger partial charge in [0.15, 0.2) is 0 Å². The summed E-state index contributed by atoms with van der Waals surface area (Å²) in [5.74, 6) is -0.913. The molecule has 2 aromatic rings. The molecule has 7 heteroatoms. The van der Waals surface area contributed by atoms with Crippen molar-refractivity contribution in [2.24, 2.45) is 0 Å². The molecule has 0 heterocycles. The van der Waals surface area contributed by atoms with E-state index in [1.165, 1.54) is 12.1 Å². The van der Waals surface area contributed by atoms with Crippen molar-refractivity contribution < 1.29 is 23.1 Å². The van der Waals surface area contributed by atoms with E-state index in [9.17, 15) is 23.1 Å². The van der Waals surface area contributed by atoms with Crippen molar-refractivity contribution in [1.82, 2.24) is 5.32 Å². The van der Waals surface area contributed by atoms with Crippen molar-refractivity contribution in [2.75, 3.05) is 6.54 Å². The van der Waals surface area contributed by atoms with Crippen molar-refractivity contribution in [3.8, 4) is 0 Å². The van der Waals surface area contributed by atoms with Crippen LogP contribution in [0.15, 0.2) is 48.5 Å². The third-order valence-electron chi connectivity index (χ3n) is 3.20. The van der Waals surface area contributed by atoms with E-state index >= 15 is 0 Å². The Hall–Kier alpha value is -2.05. The number of nitrogens with one attached hydrogen (secondary N) is 1. The van der Waals surface area contributed by atoms with Crippen LogP contribution in [0, 0.1) is 0 Å². The summed E-state index contributed by atoms with van der Waals surface area (Å²) in [6.07, 6.45) is -5.75. The summed E-state index contributed by atoms with van der Waals surface area (Å²) >= 11 is 5.92. The van der Waals surface area contributed by atoms with E-state index in [0.717, 1.165) is 12.1 Å². The number of hydrogen-bond acceptors (Lipinski definition) is 2. The van der Waals surface area contributed by atoms with Crippen LogP contribution in [0.3, 0.4) is 0 Å². The number of amides is 1. The molecule has 3 nitrogen and oxygen atoms in total. The smallest absolute Gasteiger partial charge is 0.387 e. The van der Waals surface area contributed by atoms with Crippen LogP contribution in [-0.4, -0.2) is 17.6 Å². The van der Waals surface area contributed by atoms with Crippen LogP contribution >= 0.6 is 11.6 Å². The van der Waals surface area contributed by atoms with Crippen LogP contribution in [-0.2, 0) is 6.18 Å². The van der Waals surface area contributed by atoms with E-state index in [4.69, 9.17) is 11.6 Å². The predicted octanol–water partition coefficient (Wildman–Crippen LogP) is 3.82. The van der Waals surface area contributed by atoms with Gasteiger partial charge in [-0.25, -0.2) is 0 Å². The van der Waals surface area contributed by atoms with Crippen LogP contribution in [0.25, 0.3) is 0 Å². The fraction of sp³-hybridized carbons (Fsp3) is 0.188. The van der Waals surface area contributed by atoms with Crippen molar-refractivity contribution in [1.29, 1.82) is 0 Å². The molecule has 0 radical (unpaired) electrons. The molecule has 23 heavy (non-hydrogen) atoms. The molecule has 0 aliphatic rings. The summed E-state index contributed by atoms with van der Waals surface area (Å²) in [6.45, 7) is -0.255. The summed E-state index contributed by atoms with van der Waals surface area (Å²) < 4.78 is 38.6. The van der Waals surface area contributed by atoms with Gasteiger partial charge in [-0.15, -0.1) is 0 Å². The molecule has 0 aliphatic carbocycles. The van der Waals surface area contributed by atoms with Gasteiger partial charge < -0.3 is 10.4 Å². The molecule has 1 atom stereocenters. The largest absolute Gasteiger partial charge is 0.417 e. The number of carbonyl (C=O) groups excluding carboxylic acids is 1. The molecule has 1 amide bonds. The summed E-state index contributed by atoms with van der Waals surface area (Å²) in [4.78, 5) is 12.0. The summed E-state index contributed by atoms with van der Waals surface area (Å²) in [5, 5.41) is 12.6. The lowest BCUT2D eigenvalue weighted by atomic mass is 10.1. The Balaban J connectivity index is 2.11. The average Bonchev–Trinajstić information content (AvgIpc) is 2.52. The van der Waals surface area contributed by atoms with Gasteiger partial charge in [0.25, 0.3) is 5.91 Å². The molecule has 2 N–H and O–H groups in total. The Labute approximate surface area is 135 Å². The molecule has 1 unspecified atom stereocenters. The van der Waals surface area contributed by atoms with Gasteiger partial charge in [0.2, 0.25) is 0 Å². The number of carbonyl (C=O) groups is 1. The SMILES string of the molecule is O=C(NCC(O)c1ccccc1Cl)c1ccccc1C(F)(F)F. The van der Waals surface area contributed by atoms with Gasteiger partial charge in [0, 0.05) is 17.1 Å². The van der Waals surface area contributed by atoms with E-state index in [1.54, 1.807) is 24.3 Å². The maximum atomic E-state index is 12.9. The van der Waals surface area contributed by atoms with Gasteiger partial charge in [-0.2, -0.15) is 13.2 Å². The second kappa shape index (κ2) is 7.02. The zero-order chi connectivity index (χ0) is 17.0. The summed E-state index contributed by atoms with van der Waals surface area (Å²) in [5.41, 5.74) is -1.13. The molecule has 122 valence electrons. The highest BCUT2D eigenvalue weighted by Gasteiger charge is 2.34. The Kier molecular flexibility index (Phi) is 5.28. The van der Waals surface area contributed by atoms with E-state index in [2.05, 4.69) is 5.32 Å². The number of halogens is 4. The fourth-order valence-electron chi connectivity index (χ4n) is 2.07. The molecular formula is C16H13ClF3NO2. The normalized spacial score (nSPS) is 12.7. The zero-order valence-corrected chi connectivity index (χ0v) is 12.5. The van der Waals surface area contributed by atoms with Gasteiger partial charge in [-0.05, 0) is 18.2 Å². The highest BCUT2D eigenvalue weighted by atomic mass is 35.5. The number of hydrogen-bond donors (Lipinski definition) is 2. The third kappa shape index (κ3) is 4.24. The molecule has 2 aromatic carbocycles. The number of aliphatic hydroxyl groups excluding tert-OH is 1. The minimum Gasteiger partial charge on any atom is -0.387 e. The van der Waals surface area contributed by atoms with Gasteiger partial charge in [0.05, 0.1) is 17.2 Å². The first-order valence-electron chi connectivity index (χ1n) is 6.67. The highest BCUT2D eigenvalue weighted by Crippen LogP contribution is 2.31. The van der Waals surface area contributed by atoms with Crippen LogP contribution < -0.4 is 5.32 Å². The molecule has 0 saturated carbocycles. The monoisotopic (exact) mass is 343 g/mol. The standard InChI is InChI=1S/C16H13ClF3NO2/c17-13-8-4-2-6-11(13)14(22)9-21-15(23)10-5-1-3-7-12(10)16(18,19)20/h1-8,14,22H,9H2,(H,21,23). The molecule has 0 fully saturated rings. The third-order valence-corrected chi connectivity index (χ3v) is 3.54. The van der Waals surface area contributed by atoms with Crippen molar-refractivity contribution in [3.63, 3.8) is 0 Å². The van der Waals surface area contributed by atoms with Gasteiger partial charge >= 0.3 is 6.18 Å². The minimum atomic E-state index is -4.63. The quantitative estimate of drug-likeness (QED) is 0.886. The number of benzene rings is 2. The Morgan fingerprint density at radius 3 is 2.39 bits per heavy atom. The zero-order valence-electron chi connectivity index (χ0n) is 11.8. The Morgan fingerprint density at radius 2 is 1.74 bits per heavy atom. The van der Waals surface area contributed by atoms with Crippen LogP contribution in [0.1, 0.15) is 27.6 Å². The van der Waals surface area contributed by atoms with E-state index in [0.29, 0.717) is 10.6 Å². The maximum absolute atomic E-state index is 12.9. The molecule has 0 spiro atoms. The first-order valence-corrected chi connectivity index (χ1v) is 7.05. The van der Waals surface area contributed by atoms with Gasteiger partial charge in [0.1, 0.15) is 0 Å². The second-order valence-electron chi connectivity index (χ2n) is 4.79. The molecular weight excluding hydrogens is 331 g/mol. The summed E-state index contributed by atoms with van der Waals surface area (Å²) in [6, 6.07) is 10.9. The van der Waals surface area contributed by atoms with Crippen molar-refractivity contribution in [3.05, 3.63) is 70.2 Å². The maximum Gasteiger partial charge on any atom is 0.417 e. The molecule has 0 aromatic heterocycles. The van der Waals surface area contributed by atoms with E-state index < -0.39 is 29.3 Å². The Morgan fingerprint density at radius 1 is 1.13 bits per heavy atom. The van der Waals surface area contributed by atoms with Crippen LogP contribution in [0.5, 0.6) is 0 Å². The first-order chi connectivity index (χ1) is 10.8. The van der Waals surface area contributed by atoms with E-state index in [-0.39, 0.29) is 6.54 Å². The highest BCUT2D eigenvalue weighted by molar-refractivity contribution is 6.31. The first kappa shape index (κ1) is 17.3. The molecule has 0 aliphatic heterocycles. The van der Waals surface area contributed by atoms with Gasteiger partial charge in [-0.1, -0.05) is 41.9 Å². The fourth-order valence-corrected chi connectivity index (χ4v) is 2.33. The lowest BCUT2D eigenvalue weighted by Gasteiger charge is -2.15. The topological polar surface area (TPSA) is 49.3 Å². The number of aliphatic hydroxyl groups is 1. The molecule has 0 saturated heterocycles. The second-order valence-corrected chi connectivity index (χ2v) is 5.20.